The molecule has 6 heteroatoms. The maximum Gasteiger partial charge on any atom is 0.212 e. The van der Waals surface area contributed by atoms with Crippen molar-refractivity contribution in [3.05, 3.63) is 66.0 Å². The number of pyridine rings is 1. The van der Waals surface area contributed by atoms with Crippen LogP contribution in [-0.4, -0.2) is 32.4 Å². The van der Waals surface area contributed by atoms with E-state index in [9.17, 15) is 8.42 Å². The van der Waals surface area contributed by atoms with Crippen LogP contribution in [0.1, 0.15) is 30.0 Å². The molecule has 1 N–H and O–H groups in total. The molecule has 2 aromatic rings. The Kier molecular flexibility index (Phi) is 6.18. The average Bonchev–Trinajstić information content (AvgIpc) is 2.67. The second-order valence-corrected chi connectivity index (χ2v) is 8.26. The Morgan fingerprint density at radius 2 is 1.88 bits per heavy atom. The van der Waals surface area contributed by atoms with Crippen LogP contribution in [0.25, 0.3) is 0 Å². The minimum Gasteiger partial charge on any atom is -0.381 e. The molecule has 1 aliphatic heterocycles. The molecule has 134 valence electrons. The van der Waals surface area contributed by atoms with Gasteiger partial charge in [-0.1, -0.05) is 36.4 Å². The van der Waals surface area contributed by atoms with Gasteiger partial charge < -0.3 is 4.74 Å². The van der Waals surface area contributed by atoms with Crippen LogP contribution in [0.2, 0.25) is 0 Å². The lowest BCUT2D eigenvalue weighted by Gasteiger charge is -2.31. The molecule has 0 bridgehead atoms. The Balaban J connectivity index is 1.72. The second-order valence-electron chi connectivity index (χ2n) is 6.39. The average molecular weight is 360 g/mol. The van der Waals surface area contributed by atoms with E-state index in [0.717, 1.165) is 24.0 Å². The number of nitrogens with zero attached hydrogens (tertiary/aromatic N) is 1. The smallest absolute Gasteiger partial charge is 0.212 e. The highest BCUT2D eigenvalue weighted by atomic mass is 32.2. The van der Waals surface area contributed by atoms with Gasteiger partial charge in [-0.2, -0.15) is 0 Å². The molecule has 1 saturated heterocycles. The number of benzene rings is 1. The van der Waals surface area contributed by atoms with Crippen LogP contribution >= 0.6 is 0 Å². The Bertz CT molecular complexity index is 745. The first-order chi connectivity index (χ1) is 12.1. The quantitative estimate of drug-likeness (QED) is 0.824. The van der Waals surface area contributed by atoms with Gasteiger partial charge in [-0.05, 0) is 42.4 Å². The molecule has 3 rings (SSSR count). The lowest BCUT2D eigenvalue weighted by molar-refractivity contribution is 0.0564. The van der Waals surface area contributed by atoms with Crippen LogP contribution in [0, 0.1) is 5.92 Å². The van der Waals surface area contributed by atoms with E-state index in [0.29, 0.717) is 19.6 Å². The summed E-state index contributed by atoms with van der Waals surface area (Å²) in [6.07, 6.45) is 5.65. The van der Waals surface area contributed by atoms with Crippen molar-refractivity contribution >= 4 is 10.0 Å². The summed E-state index contributed by atoms with van der Waals surface area (Å²) in [4.78, 5) is 4.16. The number of sulfonamides is 1. The molecule has 1 atom stereocenters. The zero-order chi connectivity index (χ0) is 17.5. The summed E-state index contributed by atoms with van der Waals surface area (Å²) < 4.78 is 33.7. The third kappa shape index (κ3) is 5.36. The minimum atomic E-state index is -3.40. The molecule has 0 spiro atoms. The summed E-state index contributed by atoms with van der Waals surface area (Å²) in [7, 11) is -3.40. The fourth-order valence-corrected chi connectivity index (χ4v) is 4.53. The number of rotatable bonds is 7. The highest BCUT2D eigenvalue weighted by Crippen LogP contribution is 2.30. The summed E-state index contributed by atoms with van der Waals surface area (Å²) in [6.45, 7) is 1.35. The topological polar surface area (TPSA) is 68.3 Å². The number of nitrogens with one attached hydrogen (secondary N) is 1. The van der Waals surface area contributed by atoms with Crippen LogP contribution in [0.15, 0.2) is 54.9 Å². The van der Waals surface area contributed by atoms with Crippen molar-refractivity contribution in [2.75, 3.05) is 19.0 Å². The van der Waals surface area contributed by atoms with Crippen LogP contribution in [-0.2, 0) is 21.2 Å². The molecule has 25 heavy (non-hydrogen) atoms. The lowest BCUT2D eigenvalue weighted by Crippen LogP contribution is -2.37. The number of aromatic nitrogens is 1. The van der Waals surface area contributed by atoms with Gasteiger partial charge in [-0.15, -0.1) is 0 Å². The first kappa shape index (κ1) is 18.0. The number of hydrogen-bond donors (Lipinski definition) is 1. The fourth-order valence-electron chi connectivity index (χ4n) is 3.19. The normalized spacial score (nSPS) is 17.3. The van der Waals surface area contributed by atoms with E-state index in [1.807, 2.05) is 42.5 Å². The van der Waals surface area contributed by atoms with Gasteiger partial charge in [-0.25, -0.2) is 13.1 Å². The zero-order valence-electron chi connectivity index (χ0n) is 14.2. The largest absolute Gasteiger partial charge is 0.381 e. The molecular formula is C19H24N2O3S. The maximum atomic E-state index is 12.7. The van der Waals surface area contributed by atoms with Crippen molar-refractivity contribution in [1.29, 1.82) is 0 Å². The molecular weight excluding hydrogens is 336 g/mol. The van der Waals surface area contributed by atoms with E-state index in [1.165, 1.54) is 0 Å². The van der Waals surface area contributed by atoms with E-state index in [1.54, 1.807) is 12.4 Å². The molecule has 1 aromatic heterocycles. The van der Waals surface area contributed by atoms with Crippen molar-refractivity contribution in [2.45, 2.75) is 25.3 Å². The molecule has 5 nitrogen and oxygen atoms in total. The van der Waals surface area contributed by atoms with Gasteiger partial charge in [0, 0.05) is 25.6 Å². The minimum absolute atomic E-state index is 0.0804. The van der Waals surface area contributed by atoms with Gasteiger partial charge in [0.1, 0.15) is 0 Å². The van der Waals surface area contributed by atoms with Gasteiger partial charge >= 0.3 is 0 Å². The van der Waals surface area contributed by atoms with Gasteiger partial charge in [-0.3, -0.25) is 4.98 Å². The number of aryl methyl sites for hydroxylation is 1. The number of ether oxygens (including phenoxy) is 1. The van der Waals surface area contributed by atoms with E-state index in [-0.39, 0.29) is 17.7 Å². The second kappa shape index (κ2) is 8.56. The van der Waals surface area contributed by atoms with E-state index < -0.39 is 10.0 Å². The van der Waals surface area contributed by atoms with Gasteiger partial charge in [0.05, 0.1) is 11.8 Å². The highest BCUT2D eigenvalue weighted by molar-refractivity contribution is 7.89. The van der Waals surface area contributed by atoms with Gasteiger partial charge in [0.25, 0.3) is 0 Å². The molecule has 1 unspecified atom stereocenters. The van der Waals surface area contributed by atoms with Gasteiger partial charge in [0.15, 0.2) is 0 Å². The predicted octanol–water partition coefficient (Wildman–Crippen LogP) is 2.71. The Hall–Kier alpha value is -1.76. The molecule has 1 fully saturated rings. The molecule has 0 saturated carbocycles. The number of hydrogen-bond acceptors (Lipinski definition) is 4. The van der Waals surface area contributed by atoms with Crippen LogP contribution < -0.4 is 4.72 Å². The Morgan fingerprint density at radius 1 is 1.12 bits per heavy atom. The maximum absolute atomic E-state index is 12.7. The van der Waals surface area contributed by atoms with Crippen molar-refractivity contribution < 1.29 is 13.2 Å². The molecule has 2 heterocycles. The van der Waals surface area contributed by atoms with Crippen molar-refractivity contribution in [3.63, 3.8) is 0 Å². The van der Waals surface area contributed by atoms with E-state index in [2.05, 4.69) is 9.71 Å². The standard InChI is InChI=1S/C19H24N2O3S/c22-25(23,14-10-16-5-2-1-3-6-16)21-19(17-8-12-24-13-9-17)18-7-4-11-20-15-18/h1-7,11,15,17,19,21H,8-10,12-14H2. The third-order valence-corrected chi connectivity index (χ3v) is 5.94. The zero-order valence-corrected chi connectivity index (χ0v) is 15.0. The molecule has 0 amide bonds. The van der Waals surface area contributed by atoms with Crippen molar-refractivity contribution in [3.8, 4) is 0 Å². The summed E-state index contributed by atoms with van der Waals surface area (Å²) in [5.74, 6) is 0.307. The predicted molar refractivity (Wildman–Crippen MR) is 97.6 cm³/mol. The Labute approximate surface area is 149 Å². The van der Waals surface area contributed by atoms with Crippen LogP contribution in [0.5, 0.6) is 0 Å². The first-order valence-electron chi connectivity index (χ1n) is 8.66. The summed E-state index contributed by atoms with van der Waals surface area (Å²) in [5.41, 5.74) is 1.94. The highest BCUT2D eigenvalue weighted by Gasteiger charge is 2.29. The first-order valence-corrected chi connectivity index (χ1v) is 10.3. The molecule has 1 aromatic carbocycles. The van der Waals surface area contributed by atoms with Crippen molar-refractivity contribution in [2.24, 2.45) is 5.92 Å². The third-order valence-electron chi connectivity index (χ3n) is 4.59. The summed E-state index contributed by atoms with van der Waals surface area (Å²) in [6, 6.07) is 13.2. The molecule has 1 aliphatic rings. The molecule has 0 radical (unpaired) electrons. The van der Waals surface area contributed by atoms with E-state index in [4.69, 9.17) is 4.74 Å². The SMILES string of the molecule is O=S(=O)(CCc1ccccc1)NC(c1cccnc1)C1CCOCC1. The molecule has 0 aliphatic carbocycles. The van der Waals surface area contributed by atoms with E-state index >= 15 is 0 Å². The monoisotopic (exact) mass is 360 g/mol. The van der Waals surface area contributed by atoms with Crippen molar-refractivity contribution in [1.82, 2.24) is 9.71 Å². The lowest BCUT2D eigenvalue weighted by atomic mass is 9.88. The Morgan fingerprint density at radius 3 is 2.56 bits per heavy atom. The van der Waals surface area contributed by atoms with Crippen LogP contribution in [0.3, 0.4) is 0 Å². The van der Waals surface area contributed by atoms with Gasteiger partial charge in [0.2, 0.25) is 10.0 Å². The summed E-state index contributed by atoms with van der Waals surface area (Å²) in [5, 5.41) is 0. The van der Waals surface area contributed by atoms with Crippen LogP contribution in [0.4, 0.5) is 0 Å². The summed E-state index contributed by atoms with van der Waals surface area (Å²) >= 11 is 0. The fraction of sp³-hybridized carbons (Fsp3) is 0.421.